The standard InChI is InChI=1S/C39H45N3O9/c1-24(2)36(39(46)40-23-27-15-16-29(47-3)22-32(27)43)42-38(45)31(18-26-19-33(48-4)37(50-6)34(20-26)49-5)41-35(44)21-25-11-10-14-30(17-25)51-28-12-8-7-9-13-28/h7-17,19-20,22,24,31,36,43H,18,21,23H2,1-6H3,(H,40,46)(H,41,44)(H,42,45)/t31-,36?/m0/s1. The lowest BCUT2D eigenvalue weighted by Crippen LogP contribution is -2.56. The molecule has 4 aromatic carbocycles. The summed E-state index contributed by atoms with van der Waals surface area (Å²) in [4.78, 5) is 40.9. The third-order valence-electron chi connectivity index (χ3n) is 8.05. The van der Waals surface area contributed by atoms with Gasteiger partial charge in [-0.1, -0.05) is 44.2 Å². The first-order chi connectivity index (χ1) is 24.5. The number of hydrogen-bond acceptors (Lipinski definition) is 9. The van der Waals surface area contributed by atoms with E-state index in [0.29, 0.717) is 51.2 Å². The predicted octanol–water partition coefficient (Wildman–Crippen LogP) is 4.95. The minimum atomic E-state index is -1.09. The lowest BCUT2D eigenvalue weighted by Gasteiger charge is -2.26. The molecular weight excluding hydrogens is 654 g/mol. The van der Waals surface area contributed by atoms with Crippen molar-refractivity contribution in [1.82, 2.24) is 16.0 Å². The molecular formula is C39H45N3O9. The summed E-state index contributed by atoms with van der Waals surface area (Å²) in [7, 11) is 5.95. The maximum absolute atomic E-state index is 14.0. The third-order valence-corrected chi connectivity index (χ3v) is 8.05. The highest BCUT2D eigenvalue weighted by molar-refractivity contribution is 5.92. The van der Waals surface area contributed by atoms with E-state index < -0.39 is 29.8 Å². The summed E-state index contributed by atoms with van der Waals surface area (Å²) in [6.45, 7) is 3.62. The Balaban J connectivity index is 1.54. The molecule has 2 atom stereocenters. The van der Waals surface area contributed by atoms with Crippen molar-refractivity contribution in [3.05, 3.63) is 102 Å². The zero-order valence-corrected chi connectivity index (χ0v) is 29.6. The number of benzene rings is 4. The Bertz CT molecular complexity index is 1770. The molecule has 1 unspecified atom stereocenters. The van der Waals surface area contributed by atoms with Crippen LogP contribution in [0.2, 0.25) is 0 Å². The maximum atomic E-state index is 14.0. The van der Waals surface area contributed by atoms with E-state index in [2.05, 4.69) is 16.0 Å². The molecule has 0 aliphatic rings. The van der Waals surface area contributed by atoms with Crippen LogP contribution in [0, 0.1) is 5.92 Å². The van der Waals surface area contributed by atoms with Crippen molar-refractivity contribution in [3.63, 3.8) is 0 Å². The quantitative estimate of drug-likeness (QED) is 0.120. The highest BCUT2D eigenvalue weighted by atomic mass is 16.5. The van der Waals surface area contributed by atoms with Crippen LogP contribution in [-0.4, -0.2) is 63.4 Å². The zero-order chi connectivity index (χ0) is 36.9. The molecule has 0 bridgehead atoms. The minimum Gasteiger partial charge on any atom is -0.507 e. The summed E-state index contributed by atoms with van der Waals surface area (Å²) >= 11 is 0. The van der Waals surface area contributed by atoms with Gasteiger partial charge in [0.15, 0.2) is 11.5 Å². The number of hydrogen-bond donors (Lipinski definition) is 4. The number of carbonyl (C=O) groups excluding carboxylic acids is 3. The second-order valence-electron chi connectivity index (χ2n) is 12.0. The number of ether oxygens (including phenoxy) is 5. The molecule has 0 aliphatic carbocycles. The molecule has 0 aliphatic heterocycles. The molecule has 0 radical (unpaired) electrons. The van der Waals surface area contributed by atoms with Crippen molar-refractivity contribution in [2.24, 2.45) is 5.92 Å². The first kappa shape index (κ1) is 37.9. The average molecular weight is 700 g/mol. The predicted molar refractivity (Wildman–Crippen MR) is 192 cm³/mol. The van der Waals surface area contributed by atoms with Gasteiger partial charge >= 0.3 is 0 Å². The molecule has 0 saturated carbocycles. The van der Waals surface area contributed by atoms with Gasteiger partial charge in [0, 0.05) is 24.6 Å². The number of phenolic OH excluding ortho intramolecular Hbond substituents is 1. The van der Waals surface area contributed by atoms with Gasteiger partial charge in [0.05, 0.1) is 34.9 Å². The molecule has 0 spiro atoms. The van der Waals surface area contributed by atoms with Crippen LogP contribution in [-0.2, 0) is 33.8 Å². The van der Waals surface area contributed by atoms with Gasteiger partial charge in [-0.15, -0.1) is 0 Å². The summed E-state index contributed by atoms with van der Waals surface area (Å²) < 4.78 is 27.5. The van der Waals surface area contributed by atoms with Crippen LogP contribution in [0.3, 0.4) is 0 Å². The highest BCUT2D eigenvalue weighted by Gasteiger charge is 2.30. The number of phenols is 1. The van der Waals surface area contributed by atoms with E-state index in [9.17, 15) is 19.5 Å². The maximum Gasteiger partial charge on any atom is 0.243 e. The van der Waals surface area contributed by atoms with E-state index in [-0.39, 0.29) is 31.1 Å². The number of para-hydroxylation sites is 1. The second-order valence-corrected chi connectivity index (χ2v) is 12.0. The highest BCUT2D eigenvalue weighted by Crippen LogP contribution is 2.38. The Kier molecular flexibility index (Phi) is 13.5. The van der Waals surface area contributed by atoms with Crippen LogP contribution >= 0.6 is 0 Å². The summed E-state index contributed by atoms with van der Waals surface area (Å²) in [6.07, 6.45) is 0.00206. The number of methoxy groups -OCH3 is 4. The minimum absolute atomic E-state index is 0.0202. The Morgan fingerprint density at radius 2 is 1.37 bits per heavy atom. The van der Waals surface area contributed by atoms with Crippen LogP contribution in [0.1, 0.15) is 30.5 Å². The Labute approximate surface area is 298 Å². The van der Waals surface area contributed by atoms with E-state index in [0.717, 1.165) is 0 Å². The van der Waals surface area contributed by atoms with Crippen LogP contribution in [0.25, 0.3) is 0 Å². The lowest BCUT2D eigenvalue weighted by atomic mass is 10.00. The molecule has 0 aromatic heterocycles. The average Bonchev–Trinajstić information content (AvgIpc) is 3.12. The molecule has 270 valence electrons. The largest absolute Gasteiger partial charge is 0.507 e. The fraction of sp³-hybridized carbons (Fsp3) is 0.308. The van der Waals surface area contributed by atoms with E-state index in [1.165, 1.54) is 34.5 Å². The SMILES string of the molecule is COc1ccc(CNC(=O)C(NC(=O)[C@H](Cc2cc(OC)c(OC)c(OC)c2)NC(=O)Cc2cccc(Oc3ccccc3)c2)C(C)C)c(O)c1. The van der Waals surface area contributed by atoms with Crippen molar-refractivity contribution in [1.29, 1.82) is 0 Å². The molecule has 12 nitrogen and oxygen atoms in total. The number of amides is 3. The van der Waals surface area contributed by atoms with E-state index in [1.807, 2.05) is 30.3 Å². The molecule has 0 heterocycles. The van der Waals surface area contributed by atoms with Gasteiger partial charge in [-0.2, -0.15) is 0 Å². The van der Waals surface area contributed by atoms with Gasteiger partial charge in [-0.05, 0) is 65.6 Å². The van der Waals surface area contributed by atoms with Crippen molar-refractivity contribution >= 4 is 17.7 Å². The first-order valence-electron chi connectivity index (χ1n) is 16.4. The Hall–Kier alpha value is -5.91. The van der Waals surface area contributed by atoms with Gasteiger partial charge in [0.2, 0.25) is 23.5 Å². The summed E-state index contributed by atoms with van der Waals surface area (Å²) in [5, 5.41) is 18.8. The van der Waals surface area contributed by atoms with Crippen LogP contribution in [0.15, 0.2) is 84.9 Å². The lowest BCUT2D eigenvalue weighted by molar-refractivity contribution is -0.132. The Morgan fingerprint density at radius 1 is 0.686 bits per heavy atom. The van der Waals surface area contributed by atoms with Crippen LogP contribution < -0.4 is 39.6 Å². The van der Waals surface area contributed by atoms with Crippen molar-refractivity contribution in [2.75, 3.05) is 28.4 Å². The van der Waals surface area contributed by atoms with Crippen LogP contribution in [0.5, 0.6) is 40.2 Å². The fourth-order valence-corrected chi connectivity index (χ4v) is 5.37. The second kappa shape index (κ2) is 18.2. The number of carbonyl (C=O) groups is 3. The number of aromatic hydroxyl groups is 1. The summed E-state index contributed by atoms with van der Waals surface area (Å²) in [6, 6.07) is 22.6. The monoisotopic (exact) mass is 699 g/mol. The molecule has 0 saturated heterocycles. The van der Waals surface area contributed by atoms with Crippen molar-refractivity contribution in [3.8, 4) is 40.2 Å². The van der Waals surface area contributed by atoms with Crippen molar-refractivity contribution in [2.45, 2.75) is 45.3 Å². The van der Waals surface area contributed by atoms with Gasteiger partial charge in [-0.25, -0.2) is 0 Å². The van der Waals surface area contributed by atoms with Crippen molar-refractivity contribution < 1.29 is 43.2 Å². The van der Waals surface area contributed by atoms with E-state index in [1.54, 1.807) is 62.4 Å². The smallest absolute Gasteiger partial charge is 0.243 e. The van der Waals surface area contributed by atoms with E-state index >= 15 is 0 Å². The molecule has 4 aromatic rings. The molecule has 3 amide bonds. The molecule has 4 N–H and O–H groups in total. The number of nitrogens with one attached hydrogen (secondary N) is 3. The van der Waals surface area contributed by atoms with Gasteiger partial charge in [-0.3, -0.25) is 14.4 Å². The van der Waals surface area contributed by atoms with Gasteiger partial charge in [0.25, 0.3) is 0 Å². The van der Waals surface area contributed by atoms with Gasteiger partial charge in [0.1, 0.15) is 35.1 Å². The zero-order valence-electron chi connectivity index (χ0n) is 29.6. The normalized spacial score (nSPS) is 11.9. The molecule has 0 fully saturated rings. The Morgan fingerprint density at radius 3 is 1.98 bits per heavy atom. The topological polar surface area (TPSA) is 154 Å². The molecule has 4 rings (SSSR count). The molecule has 12 heteroatoms. The summed E-state index contributed by atoms with van der Waals surface area (Å²) in [5.41, 5.74) is 1.77. The van der Waals surface area contributed by atoms with Gasteiger partial charge < -0.3 is 44.7 Å². The van der Waals surface area contributed by atoms with Crippen LogP contribution in [0.4, 0.5) is 0 Å². The fourth-order valence-electron chi connectivity index (χ4n) is 5.37. The first-order valence-corrected chi connectivity index (χ1v) is 16.4. The summed E-state index contributed by atoms with van der Waals surface area (Å²) in [5.74, 6) is 1.05. The molecule has 51 heavy (non-hydrogen) atoms. The third kappa shape index (κ3) is 10.5. The number of rotatable bonds is 17. The van der Waals surface area contributed by atoms with E-state index in [4.69, 9.17) is 23.7 Å².